The third kappa shape index (κ3) is 246. The third-order valence-corrected chi connectivity index (χ3v) is 0. The summed E-state index contributed by atoms with van der Waals surface area (Å²) in [6.07, 6.45) is 0. The molecule has 0 saturated carbocycles. The molecule has 0 aromatic rings. The van der Waals surface area contributed by atoms with Gasteiger partial charge in [0, 0.05) is 37.8 Å². The SMILES string of the molecule is CC#N.CC#N.CC#N.[Fe]. The Morgan fingerprint density at radius 3 is 0.700 bits per heavy atom. The molecule has 0 aliphatic heterocycles. The van der Waals surface area contributed by atoms with Crippen LogP contribution in [0.3, 0.4) is 0 Å². The van der Waals surface area contributed by atoms with Gasteiger partial charge >= 0.3 is 0 Å². The predicted molar refractivity (Wildman–Crippen MR) is 33.9 cm³/mol. The molecule has 0 atom stereocenters. The maximum atomic E-state index is 7.32. The summed E-state index contributed by atoms with van der Waals surface area (Å²) in [6.45, 7) is 4.29. The van der Waals surface area contributed by atoms with Crippen molar-refractivity contribution >= 4 is 0 Å². The average Bonchev–Trinajstić information content (AvgIpc) is 1.70. The molecule has 56 valence electrons. The van der Waals surface area contributed by atoms with Crippen molar-refractivity contribution in [2.75, 3.05) is 0 Å². The Morgan fingerprint density at radius 2 is 0.700 bits per heavy atom. The first-order valence-corrected chi connectivity index (χ1v) is 2.17. The summed E-state index contributed by atoms with van der Waals surface area (Å²) in [7, 11) is 0. The first-order valence-electron chi connectivity index (χ1n) is 2.17. The zero-order chi connectivity index (χ0) is 8.12. The molecule has 0 aromatic heterocycles. The fraction of sp³-hybridized carbons (Fsp3) is 0.500. The maximum Gasteiger partial charge on any atom is 0.0587 e. The van der Waals surface area contributed by atoms with E-state index in [1.54, 1.807) is 18.2 Å². The Kier molecular flexibility index (Phi) is 227. The van der Waals surface area contributed by atoms with Crippen LogP contribution in [0.5, 0.6) is 0 Å². The van der Waals surface area contributed by atoms with E-state index in [9.17, 15) is 0 Å². The second kappa shape index (κ2) is 98.6. The minimum atomic E-state index is 0. The quantitative estimate of drug-likeness (QED) is 0.530. The van der Waals surface area contributed by atoms with Crippen LogP contribution < -0.4 is 0 Å². The number of nitriles is 3. The van der Waals surface area contributed by atoms with Crippen molar-refractivity contribution in [1.82, 2.24) is 0 Å². The maximum absolute atomic E-state index is 7.32. The van der Waals surface area contributed by atoms with E-state index < -0.39 is 0 Å². The van der Waals surface area contributed by atoms with E-state index in [-0.39, 0.29) is 17.1 Å². The van der Waals surface area contributed by atoms with Crippen LogP contribution >= 0.6 is 0 Å². The van der Waals surface area contributed by atoms with E-state index in [0.29, 0.717) is 0 Å². The first-order chi connectivity index (χ1) is 4.24. The molecule has 0 fully saturated rings. The molecule has 0 aliphatic carbocycles. The molecule has 3 nitrogen and oxygen atoms in total. The molecular weight excluding hydrogens is 170 g/mol. The van der Waals surface area contributed by atoms with Gasteiger partial charge in [0.15, 0.2) is 0 Å². The van der Waals surface area contributed by atoms with Gasteiger partial charge in [0.1, 0.15) is 0 Å². The Labute approximate surface area is 72.3 Å². The average molecular weight is 179 g/mol. The predicted octanol–water partition coefficient (Wildman–Crippen LogP) is 1.59. The summed E-state index contributed by atoms with van der Waals surface area (Å²) < 4.78 is 0. The van der Waals surface area contributed by atoms with E-state index in [4.69, 9.17) is 15.8 Å². The van der Waals surface area contributed by atoms with Gasteiger partial charge in [0.2, 0.25) is 0 Å². The fourth-order valence-electron chi connectivity index (χ4n) is 0. The van der Waals surface area contributed by atoms with Gasteiger partial charge in [0.05, 0.1) is 18.2 Å². The van der Waals surface area contributed by atoms with Crippen molar-refractivity contribution in [3.05, 3.63) is 0 Å². The van der Waals surface area contributed by atoms with Crippen molar-refractivity contribution in [3.63, 3.8) is 0 Å². The molecule has 0 N–H and O–H groups in total. The number of hydrogen-bond donors (Lipinski definition) is 0. The van der Waals surface area contributed by atoms with Gasteiger partial charge < -0.3 is 0 Å². The molecule has 0 rings (SSSR count). The van der Waals surface area contributed by atoms with Crippen molar-refractivity contribution in [1.29, 1.82) is 15.8 Å². The van der Waals surface area contributed by atoms with E-state index in [0.717, 1.165) is 0 Å². The molecule has 0 aliphatic rings. The summed E-state index contributed by atoms with van der Waals surface area (Å²) in [4.78, 5) is 0. The summed E-state index contributed by atoms with van der Waals surface area (Å²) in [5.74, 6) is 0. The molecular formula is C6H9FeN3. The smallest absolute Gasteiger partial charge is 0.0587 e. The molecule has 4 heteroatoms. The minimum Gasteiger partial charge on any atom is -0.199 e. The summed E-state index contributed by atoms with van der Waals surface area (Å²) in [6, 6.07) is 5.25. The van der Waals surface area contributed by atoms with Crippen LogP contribution in [-0.2, 0) is 17.1 Å². The van der Waals surface area contributed by atoms with Crippen molar-refractivity contribution < 1.29 is 17.1 Å². The first kappa shape index (κ1) is 23.0. The molecule has 10 heavy (non-hydrogen) atoms. The van der Waals surface area contributed by atoms with E-state index >= 15 is 0 Å². The fourth-order valence-corrected chi connectivity index (χ4v) is 0. The largest absolute Gasteiger partial charge is 0.199 e. The second-order valence-electron chi connectivity index (χ2n) is 0.671. The van der Waals surface area contributed by atoms with Gasteiger partial charge in [-0.25, -0.2) is 0 Å². The Bertz CT molecular complexity index is 106. The van der Waals surface area contributed by atoms with Crippen molar-refractivity contribution in [2.24, 2.45) is 0 Å². The monoisotopic (exact) mass is 179 g/mol. The summed E-state index contributed by atoms with van der Waals surface area (Å²) >= 11 is 0. The van der Waals surface area contributed by atoms with Gasteiger partial charge in [-0.3, -0.25) is 0 Å². The number of hydrogen-bond acceptors (Lipinski definition) is 3. The molecule has 0 heterocycles. The Hall–Kier alpha value is -1.01. The molecule has 0 amide bonds. The van der Waals surface area contributed by atoms with Gasteiger partial charge in [-0.05, 0) is 0 Å². The molecule has 0 radical (unpaired) electrons. The molecule has 0 bridgehead atoms. The van der Waals surface area contributed by atoms with Crippen LogP contribution in [0.15, 0.2) is 0 Å². The van der Waals surface area contributed by atoms with E-state index in [1.807, 2.05) is 0 Å². The topological polar surface area (TPSA) is 71.4 Å². The summed E-state index contributed by atoms with van der Waals surface area (Å²) in [5.41, 5.74) is 0. The van der Waals surface area contributed by atoms with Gasteiger partial charge in [-0.15, -0.1) is 0 Å². The van der Waals surface area contributed by atoms with Crippen LogP contribution in [0.4, 0.5) is 0 Å². The molecule has 0 unspecified atom stereocenters. The van der Waals surface area contributed by atoms with Crippen LogP contribution in [0.2, 0.25) is 0 Å². The van der Waals surface area contributed by atoms with Gasteiger partial charge in [0.25, 0.3) is 0 Å². The van der Waals surface area contributed by atoms with Crippen molar-refractivity contribution in [2.45, 2.75) is 20.8 Å². The van der Waals surface area contributed by atoms with Gasteiger partial charge in [-0.1, -0.05) is 0 Å². The zero-order valence-corrected chi connectivity index (χ0v) is 7.30. The number of nitrogens with zero attached hydrogens (tertiary/aromatic N) is 3. The second-order valence-corrected chi connectivity index (χ2v) is 0.671. The number of rotatable bonds is 0. The van der Waals surface area contributed by atoms with Crippen molar-refractivity contribution in [3.8, 4) is 18.2 Å². The minimum absolute atomic E-state index is 0. The van der Waals surface area contributed by atoms with Crippen LogP contribution in [0, 0.1) is 34.0 Å². The van der Waals surface area contributed by atoms with Gasteiger partial charge in [-0.2, -0.15) is 15.8 Å². The summed E-state index contributed by atoms with van der Waals surface area (Å²) in [5, 5.41) is 22.0. The third-order valence-electron chi connectivity index (χ3n) is 0. The van der Waals surface area contributed by atoms with Crippen LogP contribution in [0.25, 0.3) is 0 Å². The normalized spacial score (nSPS) is 2.40. The van der Waals surface area contributed by atoms with Crippen LogP contribution in [-0.4, -0.2) is 0 Å². The van der Waals surface area contributed by atoms with E-state index in [2.05, 4.69) is 0 Å². The van der Waals surface area contributed by atoms with E-state index in [1.165, 1.54) is 20.8 Å². The Balaban J connectivity index is -0.0000000257. The molecule has 0 aromatic carbocycles. The Morgan fingerprint density at radius 1 is 0.700 bits per heavy atom. The zero-order valence-electron chi connectivity index (χ0n) is 6.20. The van der Waals surface area contributed by atoms with Crippen LogP contribution in [0.1, 0.15) is 20.8 Å². The molecule has 0 spiro atoms. The molecule has 0 saturated heterocycles. The standard InChI is InChI=1S/3C2H3N.Fe/c3*1-2-3;/h3*1H3;.